The summed E-state index contributed by atoms with van der Waals surface area (Å²) >= 11 is 0. The van der Waals surface area contributed by atoms with Gasteiger partial charge in [-0.2, -0.15) is 0 Å². The first-order valence-electron chi connectivity index (χ1n) is 5.47. The number of nitrogens with zero attached hydrogens (tertiary/aromatic N) is 2. The number of aryl methyl sites for hydroxylation is 2. The molecule has 1 aromatic heterocycles. The summed E-state index contributed by atoms with van der Waals surface area (Å²) in [6.45, 7) is 4.64. The average Bonchev–Trinajstić information content (AvgIpc) is 2.72. The summed E-state index contributed by atoms with van der Waals surface area (Å²) in [7, 11) is -3.73. The van der Waals surface area contributed by atoms with Crippen LogP contribution >= 0.6 is 0 Å². The van der Waals surface area contributed by atoms with Gasteiger partial charge in [0.15, 0.2) is 5.03 Å². The lowest BCUT2D eigenvalue weighted by molar-refractivity contribution is 0.594. The summed E-state index contributed by atoms with van der Waals surface area (Å²) in [5, 5.41) is 4.92. The van der Waals surface area contributed by atoms with Gasteiger partial charge in [0.2, 0.25) is 0 Å². The molecule has 0 saturated heterocycles. The van der Waals surface area contributed by atoms with E-state index in [1.54, 1.807) is 4.57 Å². The zero-order chi connectivity index (χ0) is 13.3. The van der Waals surface area contributed by atoms with E-state index in [-0.39, 0.29) is 5.03 Å². The van der Waals surface area contributed by atoms with Crippen LogP contribution in [0.4, 0.5) is 0 Å². The predicted molar refractivity (Wildman–Crippen MR) is 68.6 cm³/mol. The Labute approximate surface area is 106 Å². The fraction of sp³-hybridized carbons (Fsp3) is 0.250. The third-order valence-electron chi connectivity index (χ3n) is 2.89. The summed E-state index contributed by atoms with van der Waals surface area (Å²) in [5.41, 5.74) is 3.50. The van der Waals surface area contributed by atoms with Crippen LogP contribution in [0.15, 0.2) is 35.7 Å². The Bertz CT molecular complexity index is 654. The molecule has 0 radical (unpaired) electrons. The Morgan fingerprint density at radius 2 is 1.89 bits per heavy atom. The average molecular weight is 265 g/mol. The van der Waals surface area contributed by atoms with Crippen molar-refractivity contribution in [3.05, 3.63) is 47.4 Å². The van der Waals surface area contributed by atoms with Gasteiger partial charge in [-0.1, -0.05) is 18.2 Å². The maximum atomic E-state index is 11.1. The van der Waals surface area contributed by atoms with Crippen molar-refractivity contribution < 1.29 is 8.42 Å². The summed E-state index contributed by atoms with van der Waals surface area (Å²) < 4.78 is 24.0. The standard InChI is InChI=1S/C12H15N3O2S/c1-9-4-3-5-10(2)11(9)6-15-7-12(14-8-15)18(13,16)17/h3-5,7-8H,6H2,1-2H3,(H2,13,16,17). The Kier molecular flexibility index (Phi) is 3.23. The molecule has 0 aliphatic heterocycles. The van der Waals surface area contributed by atoms with E-state index >= 15 is 0 Å². The molecule has 96 valence electrons. The molecule has 6 heteroatoms. The van der Waals surface area contributed by atoms with Crippen LogP contribution in [0.1, 0.15) is 16.7 Å². The fourth-order valence-corrected chi connectivity index (χ4v) is 2.33. The van der Waals surface area contributed by atoms with Crippen LogP contribution in [-0.2, 0) is 16.6 Å². The lowest BCUT2D eigenvalue weighted by Gasteiger charge is -2.09. The van der Waals surface area contributed by atoms with E-state index in [1.165, 1.54) is 23.7 Å². The molecular formula is C12H15N3O2S. The van der Waals surface area contributed by atoms with Gasteiger partial charge in [0.05, 0.1) is 6.33 Å². The molecule has 0 bridgehead atoms. The third kappa shape index (κ3) is 2.60. The Balaban J connectivity index is 2.33. The molecule has 1 aromatic carbocycles. The highest BCUT2D eigenvalue weighted by Crippen LogP contribution is 2.15. The van der Waals surface area contributed by atoms with Crippen molar-refractivity contribution in [2.75, 3.05) is 0 Å². The van der Waals surface area contributed by atoms with Crippen molar-refractivity contribution >= 4 is 10.0 Å². The maximum absolute atomic E-state index is 11.1. The zero-order valence-corrected chi connectivity index (χ0v) is 11.1. The summed E-state index contributed by atoms with van der Waals surface area (Å²) in [4.78, 5) is 3.79. The van der Waals surface area contributed by atoms with Crippen LogP contribution in [0, 0.1) is 13.8 Å². The maximum Gasteiger partial charge on any atom is 0.257 e. The van der Waals surface area contributed by atoms with E-state index in [1.807, 2.05) is 32.0 Å². The van der Waals surface area contributed by atoms with Gasteiger partial charge < -0.3 is 4.57 Å². The SMILES string of the molecule is Cc1cccc(C)c1Cn1cnc(S(N)(=O)=O)c1. The van der Waals surface area contributed by atoms with Gasteiger partial charge in [-0.3, -0.25) is 0 Å². The Morgan fingerprint density at radius 1 is 1.28 bits per heavy atom. The highest BCUT2D eigenvalue weighted by atomic mass is 32.2. The number of primary sulfonamides is 1. The first-order chi connectivity index (χ1) is 8.38. The van der Waals surface area contributed by atoms with E-state index in [2.05, 4.69) is 4.98 Å². The van der Waals surface area contributed by atoms with E-state index in [0.29, 0.717) is 6.54 Å². The van der Waals surface area contributed by atoms with Crippen molar-refractivity contribution in [2.24, 2.45) is 5.14 Å². The van der Waals surface area contributed by atoms with Crippen molar-refractivity contribution in [2.45, 2.75) is 25.4 Å². The predicted octanol–water partition coefficient (Wildman–Crippen LogP) is 1.20. The van der Waals surface area contributed by atoms with E-state index in [9.17, 15) is 8.42 Å². The molecule has 0 atom stereocenters. The van der Waals surface area contributed by atoms with Gasteiger partial charge in [-0.25, -0.2) is 18.5 Å². The minimum atomic E-state index is -3.73. The molecule has 2 aromatic rings. The number of imidazole rings is 1. The van der Waals surface area contributed by atoms with Crippen molar-refractivity contribution in [3.63, 3.8) is 0 Å². The molecule has 2 N–H and O–H groups in total. The highest BCUT2D eigenvalue weighted by Gasteiger charge is 2.12. The van der Waals surface area contributed by atoms with Crippen molar-refractivity contribution in [1.82, 2.24) is 9.55 Å². The molecule has 0 aliphatic rings. The number of hydrogen-bond donors (Lipinski definition) is 1. The van der Waals surface area contributed by atoms with Crippen LogP contribution in [0.2, 0.25) is 0 Å². The molecule has 0 fully saturated rings. The third-order valence-corrected chi connectivity index (χ3v) is 3.68. The van der Waals surface area contributed by atoms with Crippen molar-refractivity contribution in [3.8, 4) is 0 Å². The monoisotopic (exact) mass is 265 g/mol. The molecule has 5 nitrogen and oxygen atoms in total. The van der Waals surface area contributed by atoms with Crippen LogP contribution in [-0.4, -0.2) is 18.0 Å². The smallest absolute Gasteiger partial charge is 0.257 e. The molecule has 0 unspecified atom stereocenters. The minimum absolute atomic E-state index is 0.103. The second-order valence-corrected chi connectivity index (χ2v) is 5.81. The quantitative estimate of drug-likeness (QED) is 0.905. The van der Waals surface area contributed by atoms with E-state index < -0.39 is 10.0 Å². The summed E-state index contributed by atoms with van der Waals surface area (Å²) in [5.74, 6) is 0. The van der Waals surface area contributed by atoms with Gasteiger partial charge in [-0.05, 0) is 30.5 Å². The second kappa shape index (κ2) is 4.55. The topological polar surface area (TPSA) is 78.0 Å². The molecule has 0 amide bonds. The minimum Gasteiger partial charge on any atom is -0.332 e. The largest absolute Gasteiger partial charge is 0.332 e. The number of nitrogens with two attached hydrogens (primary N) is 1. The summed E-state index contributed by atoms with van der Waals surface area (Å²) in [6.07, 6.45) is 2.92. The normalized spacial score (nSPS) is 11.7. The molecular weight excluding hydrogens is 250 g/mol. The number of hydrogen-bond acceptors (Lipinski definition) is 3. The van der Waals surface area contributed by atoms with Crippen LogP contribution in [0.3, 0.4) is 0 Å². The lowest BCUT2D eigenvalue weighted by Crippen LogP contribution is -2.12. The molecule has 0 spiro atoms. The molecule has 18 heavy (non-hydrogen) atoms. The second-order valence-electron chi connectivity index (χ2n) is 4.30. The van der Waals surface area contributed by atoms with Crippen LogP contribution in [0.25, 0.3) is 0 Å². The van der Waals surface area contributed by atoms with E-state index in [4.69, 9.17) is 5.14 Å². The van der Waals surface area contributed by atoms with Gasteiger partial charge in [0.25, 0.3) is 10.0 Å². The molecule has 0 aliphatic carbocycles. The summed E-state index contributed by atoms with van der Waals surface area (Å²) in [6, 6.07) is 6.05. The van der Waals surface area contributed by atoms with Crippen LogP contribution in [0.5, 0.6) is 0 Å². The number of sulfonamides is 1. The fourth-order valence-electron chi connectivity index (χ4n) is 1.85. The molecule has 1 heterocycles. The molecule has 2 rings (SSSR count). The van der Waals surface area contributed by atoms with E-state index in [0.717, 1.165) is 5.56 Å². The number of rotatable bonds is 3. The highest BCUT2D eigenvalue weighted by molar-refractivity contribution is 7.89. The molecule has 0 saturated carbocycles. The first kappa shape index (κ1) is 12.8. The number of benzene rings is 1. The van der Waals surface area contributed by atoms with Gasteiger partial charge in [0, 0.05) is 12.7 Å². The first-order valence-corrected chi connectivity index (χ1v) is 7.02. The van der Waals surface area contributed by atoms with Crippen molar-refractivity contribution in [1.29, 1.82) is 0 Å². The Hall–Kier alpha value is -1.66. The van der Waals surface area contributed by atoms with Crippen LogP contribution < -0.4 is 5.14 Å². The number of aromatic nitrogens is 2. The van der Waals surface area contributed by atoms with Gasteiger partial charge >= 0.3 is 0 Å². The lowest BCUT2D eigenvalue weighted by atomic mass is 10.0. The van der Waals surface area contributed by atoms with Gasteiger partial charge in [0.1, 0.15) is 0 Å². The van der Waals surface area contributed by atoms with Gasteiger partial charge in [-0.15, -0.1) is 0 Å². The Morgan fingerprint density at radius 3 is 2.39 bits per heavy atom. The zero-order valence-electron chi connectivity index (χ0n) is 10.3.